The predicted octanol–water partition coefficient (Wildman–Crippen LogP) is 2.15. The lowest BCUT2D eigenvalue weighted by Crippen LogP contribution is -2.22. The van der Waals surface area contributed by atoms with E-state index in [0.717, 1.165) is 0 Å². The quantitative estimate of drug-likeness (QED) is 0.746. The molecule has 1 aromatic rings. The van der Waals surface area contributed by atoms with Gasteiger partial charge in [-0.05, 0) is 25.1 Å². The lowest BCUT2D eigenvalue weighted by atomic mass is 10.2. The minimum Gasteiger partial charge on any atom is -0.462 e. The minimum atomic E-state index is -0.335. The number of hydrogen-bond donors (Lipinski definition) is 0. The van der Waals surface area contributed by atoms with Gasteiger partial charge in [0.15, 0.2) is 0 Å². The molecule has 1 aliphatic heterocycles. The number of aromatic nitrogens is 1. The first-order chi connectivity index (χ1) is 8.33. The summed E-state index contributed by atoms with van der Waals surface area (Å²) < 4.78 is 5.01. The standard InChI is InChI=1S/C13H14N2O2/c1-2-17-13(16)11-7-6-8-14-12(11)15-9-4-3-5-10-15/h3-9H,2,10H2,1H3. The highest BCUT2D eigenvalue weighted by Gasteiger charge is 2.17. The highest BCUT2D eigenvalue weighted by Crippen LogP contribution is 2.19. The Kier molecular flexibility index (Phi) is 3.55. The molecule has 0 N–H and O–H groups in total. The molecule has 0 spiro atoms. The lowest BCUT2D eigenvalue weighted by Gasteiger charge is -2.21. The van der Waals surface area contributed by atoms with Gasteiger partial charge in [-0.25, -0.2) is 9.78 Å². The number of ether oxygens (including phenoxy) is 1. The molecule has 0 atom stereocenters. The van der Waals surface area contributed by atoms with E-state index in [1.807, 2.05) is 29.3 Å². The van der Waals surface area contributed by atoms with Gasteiger partial charge >= 0.3 is 5.97 Å². The zero-order chi connectivity index (χ0) is 12.1. The van der Waals surface area contributed by atoms with Crippen molar-refractivity contribution in [3.8, 4) is 0 Å². The van der Waals surface area contributed by atoms with Gasteiger partial charge in [0.25, 0.3) is 0 Å². The Labute approximate surface area is 100 Å². The number of pyridine rings is 1. The Morgan fingerprint density at radius 2 is 2.41 bits per heavy atom. The Balaban J connectivity index is 2.30. The molecule has 17 heavy (non-hydrogen) atoms. The van der Waals surface area contributed by atoms with E-state index in [4.69, 9.17) is 4.74 Å². The molecule has 1 aromatic heterocycles. The molecular formula is C13H14N2O2. The zero-order valence-corrected chi connectivity index (χ0v) is 9.67. The van der Waals surface area contributed by atoms with Crippen LogP contribution >= 0.6 is 0 Å². The lowest BCUT2D eigenvalue weighted by molar-refractivity contribution is 0.0527. The fourth-order valence-electron chi connectivity index (χ4n) is 1.62. The van der Waals surface area contributed by atoms with Gasteiger partial charge in [-0.15, -0.1) is 0 Å². The van der Waals surface area contributed by atoms with Crippen molar-refractivity contribution in [1.29, 1.82) is 0 Å². The second-order valence-electron chi connectivity index (χ2n) is 3.52. The van der Waals surface area contributed by atoms with Crippen LogP contribution in [-0.4, -0.2) is 24.1 Å². The summed E-state index contributed by atoms with van der Waals surface area (Å²) in [7, 11) is 0. The highest BCUT2D eigenvalue weighted by molar-refractivity contribution is 5.95. The molecule has 0 aliphatic carbocycles. The van der Waals surface area contributed by atoms with Crippen molar-refractivity contribution in [2.45, 2.75) is 6.92 Å². The van der Waals surface area contributed by atoms with Crippen LogP contribution in [0.15, 0.2) is 42.8 Å². The summed E-state index contributed by atoms with van der Waals surface area (Å²) in [6, 6.07) is 3.46. The average molecular weight is 230 g/mol. The van der Waals surface area contributed by atoms with E-state index in [1.54, 1.807) is 25.3 Å². The number of hydrogen-bond acceptors (Lipinski definition) is 4. The summed E-state index contributed by atoms with van der Waals surface area (Å²) in [4.78, 5) is 17.9. The highest BCUT2D eigenvalue weighted by atomic mass is 16.5. The number of carbonyl (C=O) groups is 1. The fourth-order valence-corrected chi connectivity index (χ4v) is 1.62. The maximum Gasteiger partial charge on any atom is 0.341 e. The van der Waals surface area contributed by atoms with Gasteiger partial charge in [0.1, 0.15) is 11.4 Å². The van der Waals surface area contributed by atoms with Gasteiger partial charge in [-0.2, -0.15) is 0 Å². The molecule has 1 aliphatic rings. The fraction of sp³-hybridized carbons (Fsp3) is 0.231. The van der Waals surface area contributed by atoms with Gasteiger partial charge in [-0.3, -0.25) is 0 Å². The van der Waals surface area contributed by atoms with Crippen molar-refractivity contribution >= 4 is 11.8 Å². The van der Waals surface area contributed by atoms with E-state index in [-0.39, 0.29) is 5.97 Å². The molecule has 0 radical (unpaired) electrons. The Hall–Kier alpha value is -2.10. The third kappa shape index (κ3) is 2.53. The van der Waals surface area contributed by atoms with Crippen molar-refractivity contribution < 1.29 is 9.53 Å². The van der Waals surface area contributed by atoms with E-state index in [1.165, 1.54) is 0 Å². The molecular weight excluding hydrogens is 216 g/mol. The second-order valence-corrected chi connectivity index (χ2v) is 3.52. The van der Waals surface area contributed by atoms with Crippen molar-refractivity contribution in [2.75, 3.05) is 18.1 Å². The second kappa shape index (κ2) is 5.30. The molecule has 2 rings (SSSR count). The van der Waals surface area contributed by atoms with Crippen LogP contribution in [0.2, 0.25) is 0 Å². The molecule has 0 fully saturated rings. The van der Waals surface area contributed by atoms with E-state index < -0.39 is 0 Å². The third-order valence-corrected chi connectivity index (χ3v) is 2.37. The summed E-state index contributed by atoms with van der Waals surface area (Å²) in [5.74, 6) is 0.296. The number of esters is 1. The molecule has 88 valence electrons. The largest absolute Gasteiger partial charge is 0.462 e. The average Bonchev–Trinajstić information content (AvgIpc) is 2.40. The third-order valence-electron chi connectivity index (χ3n) is 2.37. The number of nitrogens with zero attached hydrogens (tertiary/aromatic N) is 2. The van der Waals surface area contributed by atoms with E-state index in [0.29, 0.717) is 24.5 Å². The van der Waals surface area contributed by atoms with E-state index in [9.17, 15) is 4.79 Å². The Morgan fingerprint density at radius 1 is 1.53 bits per heavy atom. The normalized spacial score (nSPS) is 13.8. The number of rotatable bonds is 3. The molecule has 0 bridgehead atoms. The van der Waals surface area contributed by atoms with Crippen LogP contribution < -0.4 is 4.90 Å². The molecule has 0 saturated carbocycles. The van der Waals surface area contributed by atoms with Crippen LogP contribution in [0.1, 0.15) is 17.3 Å². The van der Waals surface area contributed by atoms with Crippen molar-refractivity contribution in [1.82, 2.24) is 4.98 Å². The summed E-state index contributed by atoms with van der Waals surface area (Å²) in [6.45, 7) is 2.86. The smallest absolute Gasteiger partial charge is 0.341 e. The first-order valence-corrected chi connectivity index (χ1v) is 5.55. The Bertz CT molecular complexity index is 466. The minimum absolute atomic E-state index is 0.335. The van der Waals surface area contributed by atoms with Gasteiger partial charge < -0.3 is 9.64 Å². The van der Waals surface area contributed by atoms with Crippen LogP contribution in [0.3, 0.4) is 0 Å². The monoisotopic (exact) mass is 230 g/mol. The van der Waals surface area contributed by atoms with Gasteiger partial charge in [-0.1, -0.05) is 12.2 Å². The maximum atomic E-state index is 11.8. The molecule has 2 heterocycles. The first kappa shape index (κ1) is 11.4. The summed E-state index contributed by atoms with van der Waals surface area (Å²) in [5, 5.41) is 0. The van der Waals surface area contributed by atoms with Crippen LogP contribution in [0, 0.1) is 0 Å². The van der Waals surface area contributed by atoms with Crippen molar-refractivity contribution in [3.05, 3.63) is 48.3 Å². The molecule has 0 aromatic carbocycles. The predicted molar refractivity (Wildman–Crippen MR) is 65.8 cm³/mol. The summed E-state index contributed by atoms with van der Waals surface area (Å²) >= 11 is 0. The SMILES string of the molecule is CCOC(=O)c1cccnc1N1C=CC=CC1. The van der Waals surface area contributed by atoms with Crippen LogP contribution in [0.25, 0.3) is 0 Å². The molecule has 0 saturated heterocycles. The van der Waals surface area contributed by atoms with Crippen molar-refractivity contribution in [2.24, 2.45) is 0 Å². The van der Waals surface area contributed by atoms with E-state index in [2.05, 4.69) is 4.98 Å². The van der Waals surface area contributed by atoms with Crippen LogP contribution in [0.5, 0.6) is 0 Å². The van der Waals surface area contributed by atoms with E-state index >= 15 is 0 Å². The Morgan fingerprint density at radius 3 is 3.12 bits per heavy atom. The number of allylic oxidation sites excluding steroid dienone is 2. The van der Waals surface area contributed by atoms with Crippen LogP contribution in [0.4, 0.5) is 5.82 Å². The molecule has 0 amide bonds. The molecule has 4 heteroatoms. The summed E-state index contributed by atoms with van der Waals surface area (Å²) in [6.07, 6.45) is 9.44. The number of carbonyl (C=O) groups excluding carboxylic acids is 1. The maximum absolute atomic E-state index is 11.8. The summed E-state index contributed by atoms with van der Waals surface area (Å²) in [5.41, 5.74) is 0.495. The van der Waals surface area contributed by atoms with Crippen molar-refractivity contribution in [3.63, 3.8) is 0 Å². The van der Waals surface area contributed by atoms with Crippen LogP contribution in [-0.2, 0) is 4.74 Å². The number of anilines is 1. The molecule has 0 unspecified atom stereocenters. The van der Waals surface area contributed by atoms with Gasteiger partial charge in [0.2, 0.25) is 0 Å². The topological polar surface area (TPSA) is 42.4 Å². The van der Waals surface area contributed by atoms with Gasteiger partial charge in [0, 0.05) is 18.9 Å². The van der Waals surface area contributed by atoms with Gasteiger partial charge in [0.05, 0.1) is 6.61 Å². The zero-order valence-electron chi connectivity index (χ0n) is 9.67. The molecule has 4 nitrogen and oxygen atoms in total. The first-order valence-electron chi connectivity index (χ1n) is 5.55.